The van der Waals surface area contributed by atoms with Crippen molar-refractivity contribution in [2.75, 3.05) is 5.43 Å². The summed E-state index contributed by atoms with van der Waals surface area (Å²) in [6, 6.07) is 14.6. The summed E-state index contributed by atoms with van der Waals surface area (Å²) in [6.45, 7) is 0.511. The number of aromatic carboxylic acids is 1. The van der Waals surface area contributed by atoms with Crippen LogP contribution in [0.15, 0.2) is 53.0 Å². The molecule has 0 aliphatic carbocycles. The van der Waals surface area contributed by atoms with E-state index in [1.165, 1.54) is 0 Å². The number of carboxylic acid groups (broad SMARTS) is 1. The molecule has 0 unspecified atom stereocenters. The number of rotatable bonds is 5. The van der Waals surface area contributed by atoms with Crippen LogP contribution in [0.3, 0.4) is 0 Å². The van der Waals surface area contributed by atoms with Crippen molar-refractivity contribution in [3.8, 4) is 0 Å². The number of carboxylic acids is 1. The van der Waals surface area contributed by atoms with Crippen LogP contribution in [0.25, 0.3) is 0 Å². The Bertz CT molecular complexity index is 573. The number of carbonyl (C=O) groups is 1. The van der Waals surface area contributed by atoms with Crippen LogP contribution in [0, 0.1) is 0 Å². The molecule has 0 saturated heterocycles. The Morgan fingerprint density at radius 1 is 1.16 bits per heavy atom. The zero-order chi connectivity index (χ0) is 13.7. The predicted octanol–water partition coefficient (Wildman–Crippen LogP) is 3.26. The van der Waals surface area contributed by atoms with Crippen LogP contribution in [0.4, 0.5) is 5.69 Å². The molecule has 2 aromatic rings. The van der Waals surface area contributed by atoms with E-state index in [1.54, 1.807) is 18.2 Å². The molecule has 0 radical (unpaired) electrons. The van der Waals surface area contributed by atoms with Crippen molar-refractivity contribution in [3.63, 3.8) is 0 Å². The number of hydrogen-bond acceptors (Lipinski definition) is 3. The average molecular weight is 321 g/mol. The van der Waals surface area contributed by atoms with Crippen molar-refractivity contribution in [1.29, 1.82) is 0 Å². The second kappa shape index (κ2) is 6.36. The summed E-state index contributed by atoms with van der Waals surface area (Å²) in [6.07, 6.45) is 0. The molecule has 0 saturated carbocycles. The number of nitrogens with one attached hydrogen (secondary N) is 2. The van der Waals surface area contributed by atoms with E-state index in [0.29, 0.717) is 6.54 Å². The first kappa shape index (κ1) is 13.6. The van der Waals surface area contributed by atoms with Gasteiger partial charge in [-0.15, -0.1) is 0 Å². The molecular formula is C14H13BrN2O2. The standard InChI is InChI=1S/C14H13BrN2O2/c15-13-7-6-10(14(18)19)8-11(13)9-16-17-12-4-2-1-3-5-12/h1-8,16-17H,9H2,(H,18,19). The van der Waals surface area contributed by atoms with Crippen LogP contribution < -0.4 is 10.9 Å². The van der Waals surface area contributed by atoms with Gasteiger partial charge in [0, 0.05) is 16.7 Å². The molecule has 0 aliphatic heterocycles. The Labute approximate surface area is 119 Å². The maximum absolute atomic E-state index is 10.9. The lowest BCUT2D eigenvalue weighted by Gasteiger charge is -2.10. The van der Waals surface area contributed by atoms with E-state index < -0.39 is 5.97 Å². The van der Waals surface area contributed by atoms with Crippen LogP contribution in [0.2, 0.25) is 0 Å². The molecule has 0 heterocycles. The Balaban J connectivity index is 1.99. The molecule has 0 fully saturated rings. The maximum Gasteiger partial charge on any atom is 0.335 e. The minimum Gasteiger partial charge on any atom is -0.478 e. The molecule has 5 heteroatoms. The van der Waals surface area contributed by atoms with Gasteiger partial charge in [0.1, 0.15) is 0 Å². The third-order valence-electron chi connectivity index (χ3n) is 2.58. The van der Waals surface area contributed by atoms with Crippen LogP contribution in [0.1, 0.15) is 15.9 Å². The molecule has 98 valence electrons. The molecule has 0 spiro atoms. The average Bonchev–Trinajstić information content (AvgIpc) is 2.42. The minimum absolute atomic E-state index is 0.278. The van der Waals surface area contributed by atoms with Gasteiger partial charge in [-0.1, -0.05) is 34.1 Å². The first-order chi connectivity index (χ1) is 9.16. The Morgan fingerprint density at radius 3 is 2.58 bits per heavy atom. The summed E-state index contributed by atoms with van der Waals surface area (Å²) in [5.74, 6) is -0.926. The van der Waals surface area contributed by atoms with E-state index in [-0.39, 0.29) is 5.56 Å². The molecule has 0 amide bonds. The lowest BCUT2D eigenvalue weighted by atomic mass is 10.1. The zero-order valence-electron chi connectivity index (χ0n) is 10.1. The lowest BCUT2D eigenvalue weighted by molar-refractivity contribution is 0.0696. The van der Waals surface area contributed by atoms with Gasteiger partial charge in [0.15, 0.2) is 0 Å². The molecule has 19 heavy (non-hydrogen) atoms. The van der Waals surface area contributed by atoms with E-state index >= 15 is 0 Å². The van der Waals surface area contributed by atoms with Gasteiger partial charge in [0.25, 0.3) is 0 Å². The van der Waals surface area contributed by atoms with Crippen LogP contribution >= 0.6 is 15.9 Å². The van der Waals surface area contributed by atoms with Gasteiger partial charge in [-0.05, 0) is 35.9 Å². The van der Waals surface area contributed by atoms with Crippen LogP contribution in [-0.2, 0) is 6.54 Å². The van der Waals surface area contributed by atoms with Crippen molar-refractivity contribution in [1.82, 2.24) is 5.43 Å². The zero-order valence-corrected chi connectivity index (χ0v) is 11.6. The summed E-state index contributed by atoms with van der Waals surface area (Å²) < 4.78 is 0.875. The van der Waals surface area contributed by atoms with Gasteiger partial charge in [-0.2, -0.15) is 0 Å². The topological polar surface area (TPSA) is 61.4 Å². The highest BCUT2D eigenvalue weighted by Crippen LogP contribution is 2.18. The normalized spacial score (nSPS) is 10.2. The quantitative estimate of drug-likeness (QED) is 0.740. The fourth-order valence-electron chi connectivity index (χ4n) is 1.61. The second-order valence-electron chi connectivity index (χ2n) is 3.96. The molecule has 0 aromatic heterocycles. The predicted molar refractivity (Wildman–Crippen MR) is 78.0 cm³/mol. The van der Waals surface area contributed by atoms with E-state index in [2.05, 4.69) is 26.8 Å². The van der Waals surface area contributed by atoms with E-state index in [1.807, 2.05) is 30.3 Å². The molecule has 0 bridgehead atoms. The maximum atomic E-state index is 10.9. The SMILES string of the molecule is O=C(O)c1ccc(Br)c(CNNc2ccccc2)c1. The molecule has 3 N–H and O–H groups in total. The lowest BCUT2D eigenvalue weighted by Crippen LogP contribution is -2.21. The van der Waals surface area contributed by atoms with Gasteiger partial charge >= 0.3 is 5.97 Å². The van der Waals surface area contributed by atoms with Gasteiger partial charge in [0.2, 0.25) is 0 Å². The third-order valence-corrected chi connectivity index (χ3v) is 3.35. The first-order valence-electron chi connectivity index (χ1n) is 5.72. The van der Waals surface area contributed by atoms with Crippen LogP contribution in [-0.4, -0.2) is 11.1 Å². The molecule has 2 aromatic carbocycles. The molecular weight excluding hydrogens is 308 g/mol. The number of hydrazine groups is 1. The van der Waals surface area contributed by atoms with Crippen molar-refractivity contribution in [2.45, 2.75) is 6.54 Å². The first-order valence-corrected chi connectivity index (χ1v) is 6.52. The van der Waals surface area contributed by atoms with Gasteiger partial charge < -0.3 is 10.5 Å². The monoisotopic (exact) mass is 320 g/mol. The number of halogens is 1. The number of para-hydroxylation sites is 1. The summed E-state index contributed by atoms with van der Waals surface area (Å²) in [5, 5.41) is 8.95. The number of anilines is 1. The fourth-order valence-corrected chi connectivity index (χ4v) is 1.99. The molecule has 0 aliphatic rings. The molecule has 4 nitrogen and oxygen atoms in total. The van der Waals surface area contributed by atoms with E-state index in [4.69, 9.17) is 5.11 Å². The molecule has 2 rings (SSSR count). The van der Waals surface area contributed by atoms with Crippen molar-refractivity contribution in [3.05, 3.63) is 64.1 Å². The highest BCUT2D eigenvalue weighted by Gasteiger charge is 2.06. The van der Waals surface area contributed by atoms with Gasteiger partial charge in [-0.25, -0.2) is 10.2 Å². The van der Waals surface area contributed by atoms with E-state index in [0.717, 1.165) is 15.7 Å². The minimum atomic E-state index is -0.926. The summed E-state index contributed by atoms with van der Waals surface area (Å²) in [4.78, 5) is 10.9. The summed E-state index contributed by atoms with van der Waals surface area (Å²) >= 11 is 3.41. The van der Waals surface area contributed by atoms with Crippen molar-refractivity contribution < 1.29 is 9.90 Å². The highest BCUT2D eigenvalue weighted by atomic mass is 79.9. The highest BCUT2D eigenvalue weighted by molar-refractivity contribution is 9.10. The Morgan fingerprint density at radius 2 is 1.89 bits per heavy atom. The second-order valence-corrected chi connectivity index (χ2v) is 4.81. The fraction of sp³-hybridized carbons (Fsp3) is 0.0714. The number of hydrogen-bond donors (Lipinski definition) is 3. The van der Waals surface area contributed by atoms with Crippen LogP contribution in [0.5, 0.6) is 0 Å². The largest absolute Gasteiger partial charge is 0.478 e. The van der Waals surface area contributed by atoms with Crippen molar-refractivity contribution >= 4 is 27.6 Å². The van der Waals surface area contributed by atoms with Gasteiger partial charge in [0.05, 0.1) is 5.56 Å². The summed E-state index contributed by atoms with van der Waals surface area (Å²) in [7, 11) is 0. The van der Waals surface area contributed by atoms with Gasteiger partial charge in [-0.3, -0.25) is 0 Å². The number of benzene rings is 2. The Kier molecular flexibility index (Phi) is 4.54. The third kappa shape index (κ3) is 3.81. The van der Waals surface area contributed by atoms with E-state index in [9.17, 15) is 4.79 Å². The molecule has 0 atom stereocenters. The van der Waals surface area contributed by atoms with Crippen molar-refractivity contribution in [2.24, 2.45) is 0 Å². The smallest absolute Gasteiger partial charge is 0.335 e. The Hall–Kier alpha value is -1.85. The summed E-state index contributed by atoms with van der Waals surface area (Å²) in [5.41, 5.74) is 8.21.